The SMILES string of the molecule is CCC(C)(C)c1ccc(Oc2ccc(C(F)(F)F)cc2N)c(C(=O)O)c1.CCC(C)(C)c1ccc(Oc2ccc(C(F)(F)F)cc2N)c(C(=O)OC(c2ccccc2)c2ccccc2)c1. The quantitative estimate of drug-likeness (QED) is 0.0593. The Morgan fingerprint density at radius 1 is 0.523 bits per heavy atom. The molecule has 0 fully saturated rings. The van der Waals surface area contributed by atoms with Gasteiger partial charge in [0.25, 0.3) is 0 Å². The Morgan fingerprint density at radius 3 is 1.23 bits per heavy atom. The Bertz CT molecular complexity index is 2570. The number of nitrogen functional groups attached to an aromatic ring is 2. The van der Waals surface area contributed by atoms with Gasteiger partial charge in [-0.3, -0.25) is 0 Å². The van der Waals surface area contributed by atoms with E-state index in [0.29, 0.717) is 0 Å². The monoisotopic (exact) mass is 900 g/mol. The van der Waals surface area contributed by atoms with Gasteiger partial charge < -0.3 is 30.8 Å². The number of alkyl halides is 6. The number of rotatable bonds is 13. The Morgan fingerprint density at radius 2 is 0.877 bits per heavy atom. The Kier molecular flexibility index (Phi) is 15.0. The summed E-state index contributed by atoms with van der Waals surface area (Å²) in [5.74, 6) is -1.73. The largest absolute Gasteiger partial charge is 0.478 e. The number of carboxylic acid groups (broad SMARTS) is 1. The van der Waals surface area contributed by atoms with Crippen LogP contribution >= 0.6 is 0 Å². The van der Waals surface area contributed by atoms with Crippen molar-refractivity contribution >= 4 is 23.3 Å². The average molecular weight is 901 g/mol. The van der Waals surface area contributed by atoms with Gasteiger partial charge in [0, 0.05) is 0 Å². The summed E-state index contributed by atoms with van der Waals surface area (Å²) >= 11 is 0. The summed E-state index contributed by atoms with van der Waals surface area (Å²) in [5.41, 5.74) is 12.2. The summed E-state index contributed by atoms with van der Waals surface area (Å²) in [7, 11) is 0. The highest BCUT2D eigenvalue weighted by atomic mass is 19.4. The molecule has 342 valence electrons. The van der Waals surface area contributed by atoms with Gasteiger partial charge in [-0.2, -0.15) is 26.3 Å². The predicted molar refractivity (Wildman–Crippen MR) is 238 cm³/mol. The second-order valence-electron chi connectivity index (χ2n) is 16.5. The molecule has 6 rings (SSSR count). The molecular weight excluding hydrogens is 851 g/mol. The Balaban J connectivity index is 0.000000265. The van der Waals surface area contributed by atoms with Crippen LogP contribution in [0.15, 0.2) is 133 Å². The minimum atomic E-state index is -4.54. The number of esters is 1. The van der Waals surface area contributed by atoms with Gasteiger partial charge in [-0.25, -0.2) is 9.59 Å². The van der Waals surface area contributed by atoms with Gasteiger partial charge >= 0.3 is 24.3 Å². The van der Waals surface area contributed by atoms with E-state index in [9.17, 15) is 41.0 Å². The highest BCUT2D eigenvalue weighted by molar-refractivity contribution is 5.93. The van der Waals surface area contributed by atoms with Crippen molar-refractivity contribution in [2.45, 2.75) is 83.7 Å². The molecule has 0 aliphatic rings. The van der Waals surface area contributed by atoms with Crippen LogP contribution in [0.5, 0.6) is 23.0 Å². The third-order valence-corrected chi connectivity index (χ3v) is 11.3. The molecule has 0 radical (unpaired) electrons. The van der Waals surface area contributed by atoms with Crippen LogP contribution < -0.4 is 20.9 Å². The molecule has 0 aliphatic carbocycles. The summed E-state index contributed by atoms with van der Waals surface area (Å²) in [4.78, 5) is 25.4. The molecular formula is C51H50F6N2O6. The predicted octanol–water partition coefficient (Wildman–Crippen LogP) is 14.2. The summed E-state index contributed by atoms with van der Waals surface area (Å²) < 4.78 is 95.0. The number of benzene rings is 6. The Labute approximate surface area is 373 Å². The van der Waals surface area contributed by atoms with E-state index in [4.69, 9.17) is 25.7 Å². The first kappa shape index (κ1) is 49.1. The molecule has 0 amide bonds. The maximum atomic E-state index is 13.8. The van der Waals surface area contributed by atoms with Gasteiger partial charge in [0.2, 0.25) is 0 Å². The number of carbonyl (C=O) groups excluding carboxylic acids is 1. The summed E-state index contributed by atoms with van der Waals surface area (Å²) in [6.07, 6.45) is -8.14. The summed E-state index contributed by atoms with van der Waals surface area (Å²) in [6.45, 7) is 12.1. The van der Waals surface area contributed by atoms with Crippen molar-refractivity contribution in [3.63, 3.8) is 0 Å². The number of carboxylic acids is 1. The lowest BCUT2D eigenvalue weighted by atomic mass is 9.81. The third kappa shape index (κ3) is 12.2. The van der Waals surface area contributed by atoms with Crippen molar-refractivity contribution in [1.82, 2.24) is 0 Å². The first-order valence-electron chi connectivity index (χ1n) is 20.6. The highest BCUT2D eigenvalue weighted by Gasteiger charge is 2.33. The molecule has 0 bridgehead atoms. The number of carbonyl (C=O) groups is 2. The molecule has 0 atom stereocenters. The van der Waals surface area contributed by atoms with E-state index in [2.05, 4.69) is 13.8 Å². The molecule has 0 saturated carbocycles. The maximum Gasteiger partial charge on any atom is 0.416 e. The van der Waals surface area contributed by atoms with Gasteiger partial charge in [0.1, 0.15) is 34.1 Å². The molecule has 8 nitrogen and oxygen atoms in total. The molecule has 6 aromatic carbocycles. The van der Waals surface area contributed by atoms with E-state index in [1.165, 1.54) is 12.1 Å². The minimum absolute atomic E-state index is 0.00206. The third-order valence-electron chi connectivity index (χ3n) is 11.3. The zero-order valence-electron chi connectivity index (χ0n) is 36.6. The fourth-order valence-electron chi connectivity index (χ4n) is 6.44. The molecule has 0 saturated heterocycles. The minimum Gasteiger partial charge on any atom is -0.478 e. The van der Waals surface area contributed by atoms with E-state index in [1.807, 2.05) is 94.4 Å². The van der Waals surface area contributed by atoms with Crippen molar-refractivity contribution in [3.8, 4) is 23.0 Å². The average Bonchev–Trinajstić information content (AvgIpc) is 3.27. The number of hydrogen-bond acceptors (Lipinski definition) is 7. The van der Waals surface area contributed by atoms with Crippen LogP contribution in [0.1, 0.15) is 115 Å². The number of hydrogen-bond donors (Lipinski definition) is 3. The van der Waals surface area contributed by atoms with Crippen LogP contribution in [0.25, 0.3) is 0 Å². The molecule has 0 heterocycles. The number of halogens is 6. The van der Waals surface area contributed by atoms with E-state index < -0.39 is 41.5 Å². The van der Waals surface area contributed by atoms with E-state index in [0.717, 1.165) is 71.5 Å². The second-order valence-corrected chi connectivity index (χ2v) is 16.5. The van der Waals surface area contributed by atoms with Crippen molar-refractivity contribution in [2.75, 3.05) is 11.5 Å². The van der Waals surface area contributed by atoms with Crippen molar-refractivity contribution in [1.29, 1.82) is 0 Å². The topological polar surface area (TPSA) is 134 Å². The van der Waals surface area contributed by atoms with Gasteiger partial charge in [0.15, 0.2) is 6.10 Å². The van der Waals surface area contributed by atoms with Gasteiger partial charge in [0.05, 0.1) is 22.5 Å². The molecule has 65 heavy (non-hydrogen) atoms. The molecule has 14 heteroatoms. The van der Waals surface area contributed by atoms with Crippen LogP contribution in [0.3, 0.4) is 0 Å². The van der Waals surface area contributed by atoms with Gasteiger partial charge in [-0.15, -0.1) is 0 Å². The molecule has 0 aliphatic heterocycles. The van der Waals surface area contributed by atoms with E-state index >= 15 is 0 Å². The second kappa shape index (κ2) is 19.8. The standard InChI is InChI=1S/C32H30F3NO3.C19H20F3NO3/c1-4-31(2,3)23-15-17-27(38-28-18-16-24(20-26(28)36)32(33,34)35)25(19-23)30(37)39-29(21-11-7-5-8-12-21)22-13-9-6-10-14-22;1-4-18(2,3)11-5-7-15(13(9-11)17(24)25)26-16-8-6-12(10-14(16)23)19(20,21)22/h5-20,29H,4,36H2,1-3H3;5-10H,4,23H2,1-3H3,(H,24,25). The normalized spacial score (nSPS) is 12.0. The van der Waals surface area contributed by atoms with Crippen LogP contribution in [0.4, 0.5) is 37.7 Å². The molecule has 5 N–H and O–H groups in total. The first-order chi connectivity index (χ1) is 30.4. The maximum absolute atomic E-state index is 13.8. The number of ether oxygens (including phenoxy) is 3. The highest BCUT2D eigenvalue weighted by Crippen LogP contribution is 2.40. The molecule has 0 aromatic heterocycles. The number of nitrogens with two attached hydrogens (primary N) is 2. The number of aromatic carboxylic acids is 1. The smallest absolute Gasteiger partial charge is 0.416 e. The van der Waals surface area contributed by atoms with Gasteiger partial charge in [-0.05, 0) is 107 Å². The van der Waals surface area contributed by atoms with Crippen molar-refractivity contribution in [2.24, 2.45) is 0 Å². The lowest BCUT2D eigenvalue weighted by Crippen LogP contribution is -2.18. The molecule has 6 aromatic rings. The zero-order valence-corrected chi connectivity index (χ0v) is 36.6. The van der Waals surface area contributed by atoms with E-state index in [-0.39, 0.29) is 56.3 Å². The Hall–Kier alpha value is -6.96. The van der Waals surface area contributed by atoms with Crippen molar-refractivity contribution < 1.29 is 55.2 Å². The summed E-state index contributed by atoms with van der Waals surface area (Å²) in [6, 6.07) is 34.2. The molecule has 0 spiro atoms. The van der Waals surface area contributed by atoms with Gasteiger partial charge in [-0.1, -0.05) is 114 Å². The molecule has 0 unspecified atom stereocenters. The van der Waals surface area contributed by atoms with E-state index in [1.54, 1.807) is 18.2 Å². The summed E-state index contributed by atoms with van der Waals surface area (Å²) in [5, 5.41) is 9.47. The van der Waals surface area contributed by atoms with Crippen LogP contribution in [-0.2, 0) is 27.9 Å². The van der Waals surface area contributed by atoms with Crippen molar-refractivity contribution in [3.05, 3.63) is 178 Å². The first-order valence-corrected chi connectivity index (χ1v) is 20.6. The van der Waals surface area contributed by atoms with Crippen LogP contribution in [0.2, 0.25) is 0 Å². The fourth-order valence-corrected chi connectivity index (χ4v) is 6.44. The van der Waals surface area contributed by atoms with Crippen LogP contribution in [0, 0.1) is 0 Å². The lowest BCUT2D eigenvalue weighted by Gasteiger charge is -2.25. The number of anilines is 2. The lowest BCUT2D eigenvalue weighted by molar-refractivity contribution is -0.138. The zero-order chi connectivity index (χ0) is 47.9. The van der Waals surface area contributed by atoms with Crippen LogP contribution in [-0.4, -0.2) is 17.0 Å². The fraction of sp³-hybridized carbons (Fsp3) is 0.255.